The number of ether oxygens (including phenoxy) is 2. The first-order valence-electron chi connectivity index (χ1n) is 7.86. The number of carbonyl (C=O) groups excluding carboxylic acids is 1. The van der Waals surface area contributed by atoms with Crippen LogP contribution in [-0.4, -0.2) is 31.9 Å². The Hall–Kier alpha value is -2.94. The highest BCUT2D eigenvalue weighted by atomic mass is 19.4. The molecule has 2 rings (SSSR count). The first-order valence-corrected chi connectivity index (χ1v) is 7.86. The molecular weight excluding hydrogens is 365 g/mol. The molecule has 9 heteroatoms. The number of hydrogen-bond donors (Lipinski definition) is 3. The highest BCUT2D eigenvalue weighted by molar-refractivity contribution is 5.89. The number of hydrogen-bond acceptors (Lipinski definition) is 4. The van der Waals surface area contributed by atoms with Gasteiger partial charge in [0.15, 0.2) is 0 Å². The largest absolute Gasteiger partial charge is 0.497 e. The maximum Gasteiger partial charge on any atom is 0.416 e. The van der Waals surface area contributed by atoms with Crippen molar-refractivity contribution in [3.8, 4) is 11.5 Å². The van der Waals surface area contributed by atoms with Crippen molar-refractivity contribution < 1.29 is 32.5 Å². The number of urea groups is 1. The molecule has 2 amide bonds. The molecule has 0 aliphatic rings. The van der Waals surface area contributed by atoms with E-state index in [1.54, 1.807) is 18.2 Å². The van der Waals surface area contributed by atoms with E-state index in [1.807, 2.05) is 0 Å². The second-order valence-electron chi connectivity index (χ2n) is 5.53. The molecule has 0 fully saturated rings. The second-order valence-corrected chi connectivity index (χ2v) is 5.53. The minimum absolute atomic E-state index is 0.143. The van der Waals surface area contributed by atoms with Crippen LogP contribution in [0.2, 0.25) is 0 Å². The number of methoxy groups -OCH3 is 2. The van der Waals surface area contributed by atoms with Crippen molar-refractivity contribution in [1.29, 1.82) is 0 Å². The average molecular weight is 384 g/mol. The summed E-state index contributed by atoms with van der Waals surface area (Å²) in [6.45, 7) is -0.143. The Balaban J connectivity index is 1.95. The van der Waals surface area contributed by atoms with Gasteiger partial charge in [-0.3, -0.25) is 0 Å². The Labute approximate surface area is 153 Å². The van der Waals surface area contributed by atoms with E-state index < -0.39 is 23.9 Å². The molecule has 0 saturated heterocycles. The molecule has 0 aliphatic heterocycles. The Morgan fingerprint density at radius 2 is 1.78 bits per heavy atom. The zero-order chi connectivity index (χ0) is 20.0. The van der Waals surface area contributed by atoms with Crippen LogP contribution in [0.4, 0.5) is 23.7 Å². The molecule has 0 radical (unpaired) electrons. The number of aliphatic hydroxyl groups is 1. The lowest BCUT2D eigenvalue weighted by molar-refractivity contribution is -0.137. The molecule has 1 atom stereocenters. The molecule has 0 saturated carbocycles. The summed E-state index contributed by atoms with van der Waals surface area (Å²) in [4.78, 5) is 11.9. The summed E-state index contributed by atoms with van der Waals surface area (Å²) in [6, 6.07) is 8.22. The third-order valence-corrected chi connectivity index (χ3v) is 3.72. The van der Waals surface area contributed by atoms with Crippen LogP contribution in [0.25, 0.3) is 0 Å². The van der Waals surface area contributed by atoms with Gasteiger partial charge in [0.05, 0.1) is 19.8 Å². The minimum Gasteiger partial charge on any atom is -0.497 e. The predicted molar refractivity (Wildman–Crippen MR) is 93.0 cm³/mol. The van der Waals surface area contributed by atoms with Gasteiger partial charge in [-0.25, -0.2) is 4.79 Å². The van der Waals surface area contributed by atoms with Crippen molar-refractivity contribution in [3.05, 3.63) is 53.6 Å². The lowest BCUT2D eigenvalue weighted by Gasteiger charge is -2.17. The summed E-state index contributed by atoms with van der Waals surface area (Å²) in [6.07, 6.45) is -5.52. The molecule has 1 unspecified atom stereocenters. The number of rotatable bonds is 6. The lowest BCUT2D eigenvalue weighted by Crippen LogP contribution is -2.32. The van der Waals surface area contributed by atoms with Crippen LogP contribution in [0, 0.1) is 0 Å². The highest BCUT2D eigenvalue weighted by Crippen LogP contribution is 2.30. The molecule has 0 bridgehead atoms. The molecule has 0 aliphatic carbocycles. The van der Waals surface area contributed by atoms with Crippen molar-refractivity contribution in [2.75, 3.05) is 26.1 Å². The number of aliphatic hydroxyl groups excluding tert-OH is 1. The van der Waals surface area contributed by atoms with Crippen molar-refractivity contribution in [2.24, 2.45) is 0 Å². The molecule has 146 valence electrons. The van der Waals surface area contributed by atoms with E-state index in [2.05, 4.69) is 10.6 Å². The Bertz CT molecular complexity index is 779. The number of alkyl halides is 3. The standard InChI is InChI=1S/C18H19F3N2O4/c1-26-13-7-8-16(27-2)14(9-13)15(24)10-22-17(25)23-12-5-3-11(4-6-12)18(19,20)21/h3-9,15,24H,10H2,1-2H3,(H2,22,23,25). The number of amides is 2. The van der Waals surface area contributed by atoms with Gasteiger partial charge in [0.25, 0.3) is 0 Å². The lowest BCUT2D eigenvalue weighted by atomic mass is 10.1. The van der Waals surface area contributed by atoms with Crippen LogP contribution in [0.1, 0.15) is 17.2 Å². The number of carbonyl (C=O) groups is 1. The normalized spacial score (nSPS) is 12.2. The van der Waals surface area contributed by atoms with Crippen LogP contribution < -0.4 is 20.1 Å². The van der Waals surface area contributed by atoms with Gasteiger partial charge in [-0.05, 0) is 42.5 Å². The fourth-order valence-electron chi connectivity index (χ4n) is 2.32. The first-order chi connectivity index (χ1) is 12.7. The summed E-state index contributed by atoms with van der Waals surface area (Å²) in [7, 11) is 2.93. The quantitative estimate of drug-likeness (QED) is 0.711. The van der Waals surface area contributed by atoms with Crippen molar-refractivity contribution in [3.63, 3.8) is 0 Å². The van der Waals surface area contributed by atoms with Crippen LogP contribution in [-0.2, 0) is 6.18 Å². The van der Waals surface area contributed by atoms with E-state index in [-0.39, 0.29) is 12.2 Å². The zero-order valence-electron chi connectivity index (χ0n) is 14.6. The van der Waals surface area contributed by atoms with Gasteiger partial charge in [0.2, 0.25) is 0 Å². The number of anilines is 1. The van der Waals surface area contributed by atoms with E-state index in [9.17, 15) is 23.1 Å². The number of halogens is 3. The van der Waals surface area contributed by atoms with E-state index in [0.717, 1.165) is 24.3 Å². The number of nitrogens with one attached hydrogen (secondary N) is 2. The van der Waals surface area contributed by atoms with Gasteiger partial charge in [-0.2, -0.15) is 13.2 Å². The van der Waals surface area contributed by atoms with E-state index in [4.69, 9.17) is 9.47 Å². The van der Waals surface area contributed by atoms with Gasteiger partial charge in [-0.15, -0.1) is 0 Å². The summed E-state index contributed by atoms with van der Waals surface area (Å²) >= 11 is 0. The fraction of sp³-hybridized carbons (Fsp3) is 0.278. The molecule has 3 N–H and O–H groups in total. The third kappa shape index (κ3) is 5.52. The van der Waals surface area contributed by atoms with Gasteiger partial charge in [-0.1, -0.05) is 0 Å². The highest BCUT2D eigenvalue weighted by Gasteiger charge is 2.30. The first kappa shape index (κ1) is 20.4. The summed E-state index contributed by atoms with van der Waals surface area (Å²) in [5.74, 6) is 0.937. The molecule has 27 heavy (non-hydrogen) atoms. The topological polar surface area (TPSA) is 79.8 Å². The second kappa shape index (κ2) is 8.63. The van der Waals surface area contributed by atoms with Crippen LogP contribution in [0.5, 0.6) is 11.5 Å². The molecule has 6 nitrogen and oxygen atoms in total. The SMILES string of the molecule is COc1ccc(OC)c(C(O)CNC(=O)Nc2ccc(C(F)(F)F)cc2)c1. The van der Waals surface area contributed by atoms with Crippen LogP contribution in [0.3, 0.4) is 0 Å². The molecule has 0 aromatic heterocycles. The van der Waals surface area contributed by atoms with E-state index in [0.29, 0.717) is 17.1 Å². The maximum atomic E-state index is 12.5. The van der Waals surface area contributed by atoms with Crippen molar-refractivity contribution in [2.45, 2.75) is 12.3 Å². The molecular formula is C18H19F3N2O4. The number of benzene rings is 2. The van der Waals surface area contributed by atoms with Crippen LogP contribution >= 0.6 is 0 Å². The Morgan fingerprint density at radius 1 is 1.11 bits per heavy atom. The maximum absolute atomic E-state index is 12.5. The summed E-state index contributed by atoms with van der Waals surface area (Å²) < 4.78 is 47.8. The summed E-state index contributed by atoms with van der Waals surface area (Å²) in [5, 5.41) is 15.1. The smallest absolute Gasteiger partial charge is 0.416 e. The monoisotopic (exact) mass is 384 g/mol. The minimum atomic E-state index is -4.44. The summed E-state index contributed by atoms with van der Waals surface area (Å²) in [5.41, 5.74) is -0.199. The molecule has 0 spiro atoms. The van der Waals surface area contributed by atoms with Crippen molar-refractivity contribution in [1.82, 2.24) is 5.32 Å². The van der Waals surface area contributed by atoms with Gasteiger partial charge < -0.3 is 25.2 Å². The van der Waals surface area contributed by atoms with Gasteiger partial charge >= 0.3 is 12.2 Å². The van der Waals surface area contributed by atoms with Gasteiger partial charge in [0, 0.05) is 17.8 Å². The van der Waals surface area contributed by atoms with Gasteiger partial charge in [0.1, 0.15) is 17.6 Å². The Kier molecular flexibility index (Phi) is 6.51. The van der Waals surface area contributed by atoms with E-state index >= 15 is 0 Å². The zero-order valence-corrected chi connectivity index (χ0v) is 14.6. The van der Waals surface area contributed by atoms with Crippen molar-refractivity contribution >= 4 is 11.7 Å². The predicted octanol–water partition coefficient (Wildman–Crippen LogP) is 3.58. The molecule has 2 aromatic carbocycles. The fourth-order valence-corrected chi connectivity index (χ4v) is 2.32. The van der Waals surface area contributed by atoms with Crippen LogP contribution in [0.15, 0.2) is 42.5 Å². The molecule has 0 heterocycles. The van der Waals surface area contributed by atoms with E-state index in [1.165, 1.54) is 14.2 Å². The third-order valence-electron chi connectivity index (χ3n) is 3.72. The average Bonchev–Trinajstić information content (AvgIpc) is 2.65. The Morgan fingerprint density at radius 3 is 2.33 bits per heavy atom. The molecule has 2 aromatic rings.